The van der Waals surface area contributed by atoms with Gasteiger partial charge in [-0.2, -0.15) is 0 Å². The average molecular weight is 216 g/mol. The number of ether oxygens (including phenoxy) is 1. The van der Waals surface area contributed by atoms with Crippen LogP contribution in [0, 0.1) is 0 Å². The number of unbranched alkanes of at least 4 members (excludes halogenated alkanes) is 1. The van der Waals surface area contributed by atoms with Crippen LogP contribution in [0.2, 0.25) is 0 Å². The standard InChI is InChI=1S/C10H20N2O3/c1-2-3-4-12(5-6-13)8-9-7-11-10(14)15-9/h9,13H,2-8H2,1H3,(H,11,14). The van der Waals surface area contributed by atoms with Gasteiger partial charge in [-0.3, -0.25) is 4.90 Å². The van der Waals surface area contributed by atoms with Gasteiger partial charge in [-0.15, -0.1) is 0 Å². The van der Waals surface area contributed by atoms with Gasteiger partial charge in [-0.25, -0.2) is 4.79 Å². The fourth-order valence-electron chi connectivity index (χ4n) is 1.64. The minimum atomic E-state index is -0.334. The number of hydrogen-bond donors (Lipinski definition) is 2. The highest BCUT2D eigenvalue weighted by Crippen LogP contribution is 2.04. The minimum Gasteiger partial charge on any atom is -0.443 e. The van der Waals surface area contributed by atoms with E-state index in [1.165, 1.54) is 0 Å². The van der Waals surface area contributed by atoms with Crippen molar-refractivity contribution in [2.45, 2.75) is 25.9 Å². The van der Waals surface area contributed by atoms with E-state index in [2.05, 4.69) is 17.1 Å². The van der Waals surface area contributed by atoms with Crippen molar-refractivity contribution in [3.8, 4) is 0 Å². The summed E-state index contributed by atoms with van der Waals surface area (Å²) in [6.45, 7) is 5.16. The first-order valence-electron chi connectivity index (χ1n) is 5.54. The largest absolute Gasteiger partial charge is 0.443 e. The maximum Gasteiger partial charge on any atom is 0.407 e. The molecule has 1 aliphatic rings. The molecular weight excluding hydrogens is 196 g/mol. The number of nitrogens with one attached hydrogen (secondary N) is 1. The second-order valence-corrected chi connectivity index (χ2v) is 3.79. The fourth-order valence-corrected chi connectivity index (χ4v) is 1.64. The van der Waals surface area contributed by atoms with E-state index in [9.17, 15) is 4.79 Å². The van der Waals surface area contributed by atoms with Crippen LogP contribution in [0.3, 0.4) is 0 Å². The SMILES string of the molecule is CCCCN(CCO)CC1CNC(=O)O1. The van der Waals surface area contributed by atoms with Crippen LogP contribution in [0.5, 0.6) is 0 Å². The third kappa shape index (κ3) is 4.48. The van der Waals surface area contributed by atoms with Gasteiger partial charge in [-0.05, 0) is 13.0 Å². The predicted molar refractivity (Wildman–Crippen MR) is 56.7 cm³/mol. The van der Waals surface area contributed by atoms with Crippen molar-refractivity contribution in [3.05, 3.63) is 0 Å². The number of aliphatic hydroxyl groups is 1. The van der Waals surface area contributed by atoms with Gasteiger partial charge >= 0.3 is 6.09 Å². The summed E-state index contributed by atoms with van der Waals surface area (Å²) in [4.78, 5) is 12.9. The first-order valence-corrected chi connectivity index (χ1v) is 5.54. The Bertz CT molecular complexity index is 199. The zero-order valence-corrected chi connectivity index (χ0v) is 9.24. The number of nitrogens with zero attached hydrogens (tertiary/aromatic N) is 1. The Labute approximate surface area is 90.4 Å². The molecule has 88 valence electrons. The Kier molecular flexibility index (Phi) is 5.42. The first kappa shape index (κ1) is 12.3. The van der Waals surface area contributed by atoms with Gasteiger partial charge in [0.2, 0.25) is 0 Å². The monoisotopic (exact) mass is 216 g/mol. The van der Waals surface area contributed by atoms with Gasteiger partial charge in [0.25, 0.3) is 0 Å². The molecule has 5 nitrogen and oxygen atoms in total. The van der Waals surface area contributed by atoms with Crippen molar-refractivity contribution in [2.75, 3.05) is 32.8 Å². The molecule has 1 atom stereocenters. The van der Waals surface area contributed by atoms with Crippen LogP contribution in [0.4, 0.5) is 4.79 Å². The van der Waals surface area contributed by atoms with Crippen molar-refractivity contribution < 1.29 is 14.6 Å². The van der Waals surface area contributed by atoms with Crippen LogP contribution >= 0.6 is 0 Å². The normalized spacial score (nSPS) is 20.5. The summed E-state index contributed by atoms with van der Waals surface area (Å²) < 4.78 is 5.04. The summed E-state index contributed by atoms with van der Waals surface area (Å²) in [5, 5.41) is 11.5. The molecule has 0 bridgehead atoms. The third-order valence-corrected chi connectivity index (χ3v) is 2.45. The van der Waals surface area contributed by atoms with Crippen molar-refractivity contribution in [1.82, 2.24) is 10.2 Å². The smallest absolute Gasteiger partial charge is 0.407 e. The molecule has 1 aliphatic heterocycles. The molecule has 1 rings (SSSR count). The highest BCUT2D eigenvalue weighted by Gasteiger charge is 2.24. The highest BCUT2D eigenvalue weighted by molar-refractivity contribution is 5.69. The topological polar surface area (TPSA) is 61.8 Å². The lowest BCUT2D eigenvalue weighted by molar-refractivity contribution is 0.0988. The maximum absolute atomic E-state index is 10.8. The molecule has 0 spiro atoms. The minimum absolute atomic E-state index is 0.0686. The number of hydrogen-bond acceptors (Lipinski definition) is 4. The molecule has 1 unspecified atom stereocenters. The maximum atomic E-state index is 10.8. The van der Waals surface area contributed by atoms with Crippen LogP contribution in [-0.2, 0) is 4.74 Å². The number of amides is 1. The molecule has 5 heteroatoms. The molecule has 0 saturated carbocycles. The second-order valence-electron chi connectivity index (χ2n) is 3.79. The molecule has 0 aromatic heterocycles. The summed E-state index contributed by atoms with van der Waals surface area (Å²) >= 11 is 0. The average Bonchev–Trinajstić information content (AvgIpc) is 2.61. The third-order valence-electron chi connectivity index (χ3n) is 2.45. The summed E-state index contributed by atoms with van der Waals surface area (Å²) in [6, 6.07) is 0. The molecular formula is C10H20N2O3. The number of alkyl carbamates (subject to hydrolysis) is 1. The van der Waals surface area contributed by atoms with Crippen molar-refractivity contribution >= 4 is 6.09 Å². The molecule has 0 aliphatic carbocycles. The van der Waals surface area contributed by atoms with Gasteiger partial charge in [0.05, 0.1) is 13.2 Å². The van der Waals surface area contributed by atoms with E-state index in [4.69, 9.17) is 9.84 Å². The lowest BCUT2D eigenvalue weighted by Crippen LogP contribution is -2.36. The highest BCUT2D eigenvalue weighted by atomic mass is 16.6. The second kappa shape index (κ2) is 6.63. The van der Waals surface area contributed by atoms with E-state index >= 15 is 0 Å². The molecule has 15 heavy (non-hydrogen) atoms. The van der Waals surface area contributed by atoms with E-state index in [0.29, 0.717) is 19.6 Å². The van der Waals surface area contributed by atoms with Gasteiger partial charge < -0.3 is 15.2 Å². The van der Waals surface area contributed by atoms with Gasteiger partial charge in [0.1, 0.15) is 6.10 Å². The van der Waals surface area contributed by atoms with E-state index in [1.807, 2.05) is 0 Å². The zero-order valence-electron chi connectivity index (χ0n) is 9.24. The molecule has 1 fully saturated rings. The molecule has 0 radical (unpaired) electrons. The Morgan fingerprint density at radius 2 is 2.40 bits per heavy atom. The molecule has 1 heterocycles. The summed E-state index contributed by atoms with van der Waals surface area (Å²) in [7, 11) is 0. The Morgan fingerprint density at radius 3 is 2.93 bits per heavy atom. The quantitative estimate of drug-likeness (QED) is 0.637. The molecule has 1 saturated heterocycles. The van der Waals surface area contributed by atoms with Crippen LogP contribution in [-0.4, -0.2) is 55.0 Å². The van der Waals surface area contributed by atoms with E-state index in [1.54, 1.807) is 0 Å². The van der Waals surface area contributed by atoms with Gasteiger partial charge in [-0.1, -0.05) is 13.3 Å². The summed E-state index contributed by atoms with van der Waals surface area (Å²) in [5.74, 6) is 0. The van der Waals surface area contributed by atoms with E-state index < -0.39 is 0 Å². The van der Waals surface area contributed by atoms with E-state index in [-0.39, 0.29) is 18.8 Å². The lowest BCUT2D eigenvalue weighted by Gasteiger charge is -2.23. The summed E-state index contributed by atoms with van der Waals surface area (Å²) in [5.41, 5.74) is 0. The van der Waals surface area contributed by atoms with Crippen LogP contribution in [0.1, 0.15) is 19.8 Å². The van der Waals surface area contributed by atoms with Gasteiger partial charge in [0, 0.05) is 13.1 Å². The molecule has 2 N–H and O–H groups in total. The van der Waals surface area contributed by atoms with Gasteiger partial charge in [0.15, 0.2) is 0 Å². The summed E-state index contributed by atoms with van der Waals surface area (Å²) in [6.07, 6.45) is 1.83. The Balaban J connectivity index is 2.26. The predicted octanol–water partition coefficient (Wildman–Crippen LogP) is 0.189. The number of rotatable bonds is 7. The molecule has 1 amide bonds. The Hall–Kier alpha value is -0.810. The van der Waals surface area contributed by atoms with Crippen molar-refractivity contribution in [3.63, 3.8) is 0 Å². The number of cyclic esters (lactones) is 1. The molecule has 0 aromatic rings. The first-order chi connectivity index (χ1) is 7.26. The van der Waals surface area contributed by atoms with Crippen LogP contribution in [0.25, 0.3) is 0 Å². The van der Waals surface area contributed by atoms with Crippen molar-refractivity contribution in [1.29, 1.82) is 0 Å². The zero-order chi connectivity index (χ0) is 11.1. The van der Waals surface area contributed by atoms with Crippen molar-refractivity contribution in [2.24, 2.45) is 0 Å². The molecule has 0 aromatic carbocycles. The van der Waals surface area contributed by atoms with E-state index in [0.717, 1.165) is 19.4 Å². The number of aliphatic hydroxyl groups excluding tert-OH is 1. The number of carbonyl (C=O) groups excluding carboxylic acids is 1. The van der Waals surface area contributed by atoms with Crippen LogP contribution < -0.4 is 5.32 Å². The fraction of sp³-hybridized carbons (Fsp3) is 0.900. The number of carbonyl (C=O) groups is 1. The van der Waals surface area contributed by atoms with Crippen LogP contribution in [0.15, 0.2) is 0 Å². The Morgan fingerprint density at radius 1 is 1.60 bits per heavy atom. The lowest BCUT2D eigenvalue weighted by atomic mass is 10.2.